The highest BCUT2D eigenvalue weighted by molar-refractivity contribution is 7.00. The summed E-state index contributed by atoms with van der Waals surface area (Å²) in [5.74, 6) is 0.0224. The van der Waals surface area contributed by atoms with E-state index in [1.807, 2.05) is 0 Å². The largest absolute Gasteiger partial charge is 0.317 e. The van der Waals surface area contributed by atoms with E-state index in [0.717, 1.165) is 0 Å². The summed E-state index contributed by atoms with van der Waals surface area (Å²) in [7, 11) is -1.85. The van der Waals surface area contributed by atoms with Gasteiger partial charge in [-0.2, -0.15) is 0 Å². The molecule has 0 unspecified atom stereocenters. The Hall–Kier alpha value is -7.34. The Kier molecular flexibility index (Phi) is 7.91. The maximum Gasteiger partial charge on any atom is 0.252 e. The van der Waals surface area contributed by atoms with Crippen molar-refractivity contribution in [2.75, 3.05) is 14.7 Å². The van der Waals surface area contributed by atoms with Crippen molar-refractivity contribution >= 4 is 76.2 Å². The van der Waals surface area contributed by atoms with Crippen LogP contribution in [0.1, 0.15) is 58.7 Å². The van der Waals surface area contributed by atoms with Gasteiger partial charge in [-0.1, -0.05) is 183 Å². The number of benzene rings is 9. The van der Waals surface area contributed by atoms with E-state index in [-0.39, 0.29) is 18.3 Å². The molecule has 5 heteroatoms. The Balaban J connectivity index is 1.04. The Bertz CT molecular complexity index is 3440. The molecular formula is C62H50BN3Si. The number of nitrogens with zero attached hydrogens (tertiary/aromatic N) is 3. The highest BCUT2D eigenvalue weighted by Gasteiger charge is 2.55. The summed E-state index contributed by atoms with van der Waals surface area (Å²) in [4.78, 5) is 7.88. The number of para-hydroxylation sites is 3. The van der Waals surface area contributed by atoms with Crippen molar-refractivity contribution in [2.45, 2.75) is 50.5 Å². The zero-order valence-electron chi connectivity index (χ0n) is 38.6. The van der Waals surface area contributed by atoms with E-state index in [1.54, 1.807) is 0 Å². The van der Waals surface area contributed by atoms with Gasteiger partial charge in [0, 0.05) is 34.4 Å². The average Bonchev–Trinajstić information content (AvgIpc) is 3.78. The molecule has 3 nitrogen and oxygen atoms in total. The summed E-state index contributed by atoms with van der Waals surface area (Å²) in [6, 6.07) is 78.9. The summed E-state index contributed by atoms with van der Waals surface area (Å²) in [5, 5.41) is 1.47. The van der Waals surface area contributed by atoms with Gasteiger partial charge in [0.15, 0.2) is 0 Å². The lowest BCUT2D eigenvalue weighted by Crippen LogP contribution is -2.64. The first-order valence-corrected chi connectivity index (χ1v) is 27.5. The molecule has 2 aliphatic carbocycles. The Morgan fingerprint density at radius 3 is 1.63 bits per heavy atom. The van der Waals surface area contributed by atoms with Gasteiger partial charge in [0.05, 0.1) is 24.9 Å². The first kappa shape index (κ1) is 38.9. The van der Waals surface area contributed by atoms with Crippen LogP contribution >= 0.6 is 0 Å². The summed E-state index contributed by atoms with van der Waals surface area (Å²) in [6.07, 6.45) is 0. The molecular weight excluding hydrogens is 826 g/mol. The maximum absolute atomic E-state index is 2.69. The minimum Gasteiger partial charge on any atom is -0.317 e. The fraction of sp³-hybridized carbons (Fsp3) is 0.129. The lowest BCUT2D eigenvalue weighted by atomic mass is 9.33. The number of rotatable bonds is 4. The van der Waals surface area contributed by atoms with E-state index in [4.69, 9.17) is 0 Å². The molecule has 67 heavy (non-hydrogen) atoms. The quantitative estimate of drug-likeness (QED) is 0.163. The van der Waals surface area contributed by atoms with Crippen LogP contribution in [0.15, 0.2) is 206 Å². The van der Waals surface area contributed by atoms with E-state index >= 15 is 0 Å². The smallest absolute Gasteiger partial charge is 0.252 e. The molecule has 3 heterocycles. The van der Waals surface area contributed by atoms with Crippen molar-refractivity contribution in [1.82, 2.24) is 0 Å². The summed E-state index contributed by atoms with van der Waals surface area (Å²) in [6.45, 7) is 12.4. The van der Waals surface area contributed by atoms with Gasteiger partial charge in [0.2, 0.25) is 0 Å². The molecule has 0 saturated carbocycles. The minimum atomic E-state index is -1.85. The van der Waals surface area contributed by atoms with Gasteiger partial charge in [-0.15, -0.1) is 0 Å². The van der Waals surface area contributed by atoms with E-state index in [0.29, 0.717) is 0 Å². The molecule has 0 fully saturated rings. The normalized spacial score (nSPS) is 16.2. The van der Waals surface area contributed by atoms with Crippen molar-refractivity contribution in [2.24, 2.45) is 0 Å². The minimum absolute atomic E-state index is 0.0224. The average molecular weight is 876 g/mol. The highest BCUT2D eigenvalue weighted by Crippen LogP contribution is 2.62. The molecule has 5 aliphatic rings. The van der Waals surface area contributed by atoms with E-state index in [9.17, 15) is 0 Å². The van der Waals surface area contributed by atoms with Gasteiger partial charge < -0.3 is 14.7 Å². The third-order valence-corrected chi connectivity index (χ3v) is 18.0. The molecule has 0 atom stereocenters. The van der Waals surface area contributed by atoms with Crippen LogP contribution in [0.25, 0.3) is 11.1 Å². The molecule has 0 bridgehead atoms. The second kappa shape index (κ2) is 13.6. The molecule has 1 spiro atoms. The molecule has 0 amide bonds. The van der Waals surface area contributed by atoms with Crippen LogP contribution < -0.4 is 36.3 Å². The monoisotopic (exact) mass is 875 g/mol. The van der Waals surface area contributed by atoms with Crippen LogP contribution in [0.3, 0.4) is 0 Å². The van der Waals surface area contributed by atoms with Crippen LogP contribution in [0.4, 0.5) is 39.8 Å². The lowest BCUT2D eigenvalue weighted by Gasteiger charge is -2.48. The number of fused-ring (bicyclic) bond motifs is 13. The molecule has 9 aromatic rings. The molecule has 320 valence electrons. The molecule has 3 aliphatic heterocycles. The van der Waals surface area contributed by atoms with Gasteiger partial charge >= 0.3 is 0 Å². The molecule has 0 saturated heterocycles. The van der Waals surface area contributed by atoms with Gasteiger partial charge in [-0.05, 0) is 129 Å². The fourth-order valence-corrected chi connectivity index (χ4v) is 14.5. The first-order valence-electron chi connectivity index (χ1n) is 24.0. The molecule has 0 aromatic heterocycles. The van der Waals surface area contributed by atoms with Gasteiger partial charge in [0.1, 0.15) is 5.66 Å². The third kappa shape index (κ3) is 5.02. The second-order valence-corrected chi connectivity index (χ2v) is 25.8. The van der Waals surface area contributed by atoms with Crippen LogP contribution in [0.2, 0.25) is 19.6 Å². The summed E-state index contributed by atoms with van der Waals surface area (Å²) in [5.41, 5.74) is 24.4. The zero-order chi connectivity index (χ0) is 45.0. The van der Waals surface area contributed by atoms with Crippen molar-refractivity contribution in [3.05, 3.63) is 245 Å². The van der Waals surface area contributed by atoms with Gasteiger partial charge in [-0.3, -0.25) is 0 Å². The zero-order valence-corrected chi connectivity index (χ0v) is 39.6. The van der Waals surface area contributed by atoms with Crippen molar-refractivity contribution < 1.29 is 0 Å². The van der Waals surface area contributed by atoms with Gasteiger partial charge in [-0.25, -0.2) is 0 Å². The standard InChI is InChI=1S/C62H50BN3Si/c1-61(2)65(42-23-10-7-11-24-42)54-34-20-33-53-60(54)66(61)57-39-43(67(3,4)5)38-56-59(57)63(53)52-36-35-40(37-55(52)64(56)41-21-8-6-9-22-41)58-46-27-14-18-31-50(46)62(51-32-19-15-28-47(51)58)48-29-16-12-25-44(48)45-26-13-17-30-49(45)62/h6-39,58H,1-5H3. The number of hydrogen-bond acceptors (Lipinski definition) is 3. The van der Waals surface area contributed by atoms with E-state index < -0.39 is 13.5 Å². The SMILES string of the molecule is CC1(C)N(c2ccccc2)c2cccc3c2N1c1cc([Si](C)(C)C)cc2c1B3c1ccc(C3c4ccccc4C4(c5ccccc5-c5ccccc54)c4ccccc43)cc1N2c1ccccc1. The lowest BCUT2D eigenvalue weighted by molar-refractivity contribution is 0.541. The van der Waals surface area contributed by atoms with Crippen LogP contribution in [-0.4, -0.2) is 20.4 Å². The van der Waals surface area contributed by atoms with Crippen molar-refractivity contribution in [3.8, 4) is 11.1 Å². The highest BCUT2D eigenvalue weighted by atomic mass is 28.3. The maximum atomic E-state index is 2.69. The van der Waals surface area contributed by atoms with E-state index in [1.165, 1.54) is 111 Å². The number of hydrogen-bond donors (Lipinski definition) is 0. The Labute approximate surface area is 395 Å². The first-order chi connectivity index (χ1) is 32.7. The second-order valence-electron chi connectivity index (χ2n) is 20.8. The third-order valence-electron chi connectivity index (χ3n) is 16.0. The summed E-state index contributed by atoms with van der Waals surface area (Å²) < 4.78 is 0. The Morgan fingerprint density at radius 1 is 0.448 bits per heavy atom. The topological polar surface area (TPSA) is 9.72 Å². The van der Waals surface area contributed by atoms with E-state index in [2.05, 4.69) is 254 Å². The predicted octanol–water partition coefficient (Wildman–Crippen LogP) is 12.7. The van der Waals surface area contributed by atoms with Crippen LogP contribution in [0.5, 0.6) is 0 Å². The van der Waals surface area contributed by atoms with Crippen LogP contribution in [0, 0.1) is 0 Å². The number of anilines is 7. The Morgan fingerprint density at radius 2 is 1.00 bits per heavy atom. The fourth-order valence-electron chi connectivity index (χ4n) is 13.4. The summed E-state index contributed by atoms with van der Waals surface area (Å²) >= 11 is 0. The van der Waals surface area contributed by atoms with Gasteiger partial charge in [0.25, 0.3) is 6.71 Å². The molecule has 14 rings (SSSR count). The van der Waals surface area contributed by atoms with Crippen molar-refractivity contribution in [3.63, 3.8) is 0 Å². The van der Waals surface area contributed by atoms with Crippen molar-refractivity contribution in [1.29, 1.82) is 0 Å². The molecule has 9 aromatic carbocycles. The predicted molar refractivity (Wildman–Crippen MR) is 285 cm³/mol. The van der Waals surface area contributed by atoms with Crippen LogP contribution in [-0.2, 0) is 5.41 Å². The molecule has 0 radical (unpaired) electrons. The molecule has 0 N–H and O–H groups in total.